The van der Waals surface area contributed by atoms with Crippen LogP contribution >= 0.6 is 0 Å². The molecule has 1 aromatic rings. The molecule has 0 heterocycles. The number of aliphatic hydroxyl groups excluding tert-OH is 6. The van der Waals surface area contributed by atoms with Gasteiger partial charge in [0.05, 0.1) is 46.2 Å². The second-order valence-corrected chi connectivity index (χ2v) is 9.00. The van der Waals surface area contributed by atoms with Crippen LogP contribution < -0.4 is 14.2 Å². The Hall–Kier alpha value is -2.91. The lowest BCUT2D eigenvalue weighted by Crippen LogP contribution is -2.19. The quantitative estimate of drug-likeness (QED) is 0.0424. The van der Waals surface area contributed by atoms with Crippen molar-refractivity contribution in [3.8, 4) is 17.2 Å². The molecule has 0 fully saturated rings. The van der Waals surface area contributed by atoms with Crippen LogP contribution in [0.3, 0.4) is 0 Å². The molecular weight excluding hydrogens is 885 g/mol. The Balaban J connectivity index is -0.000000154. The molecule has 0 saturated heterocycles. The number of halogens is 15. The topological polar surface area (TPSA) is 204 Å². The van der Waals surface area contributed by atoms with E-state index in [-0.39, 0.29) is 46.2 Å². The summed E-state index contributed by atoms with van der Waals surface area (Å²) in [6.07, 6.45) is -2.78. The molecule has 0 spiro atoms. The van der Waals surface area contributed by atoms with Gasteiger partial charge in [-0.05, 0) is 13.6 Å². The zero-order valence-corrected chi connectivity index (χ0v) is 31.6. The van der Waals surface area contributed by atoms with Crippen LogP contribution in [0.15, 0.2) is 0 Å². The number of hydrogen-bond acceptors (Lipinski definition) is 15. The number of rotatable bonds is 27. The van der Waals surface area contributed by atoms with Crippen LogP contribution in [0.5, 0.6) is 17.2 Å². The molecule has 0 aliphatic carbocycles. The molecule has 0 aliphatic heterocycles. The van der Waals surface area contributed by atoms with E-state index in [1.54, 1.807) is 0 Å². The molecule has 30 heteroatoms. The van der Waals surface area contributed by atoms with Gasteiger partial charge in [0.1, 0.15) is 91.4 Å². The predicted molar refractivity (Wildman–Crippen MR) is 175 cm³/mol. The SMILES string of the molecule is FCCOF.FCCOF.FCCOF.FCCOc1c(F)c(F)c(OCF)c(OCCF)c1F.OCC(O)COCCF.OCC(O)COCF.OCC(O)COCF. The largest absolute Gasteiger partial charge is 0.485 e. The molecule has 0 saturated carbocycles. The molecule has 15 nitrogen and oxygen atoms in total. The molecule has 1 rings (SSSR count). The molecule has 3 atom stereocenters. The van der Waals surface area contributed by atoms with Crippen molar-refractivity contribution in [1.29, 1.82) is 0 Å². The van der Waals surface area contributed by atoms with Crippen molar-refractivity contribution >= 4 is 0 Å². The zero-order chi connectivity index (χ0) is 47.4. The minimum Gasteiger partial charge on any atom is -0.485 e. The highest BCUT2D eigenvalue weighted by Gasteiger charge is 2.29. The molecular formula is C30H51F15O15. The average molecular weight is 937 g/mol. The Bertz CT molecular complexity index is 932. The first kappa shape index (κ1) is 68.8. The highest BCUT2D eigenvalue weighted by Crippen LogP contribution is 2.41. The van der Waals surface area contributed by atoms with Crippen molar-refractivity contribution in [2.75, 3.05) is 140 Å². The number of alkyl halides is 9. The summed E-state index contributed by atoms with van der Waals surface area (Å²) in [6.45, 7) is -12.6. The molecule has 0 bridgehead atoms. The Morgan fingerprint density at radius 2 is 0.667 bits per heavy atom. The first-order chi connectivity index (χ1) is 28.7. The van der Waals surface area contributed by atoms with Gasteiger partial charge in [0.25, 0.3) is 0 Å². The van der Waals surface area contributed by atoms with E-state index < -0.39 is 147 Å². The van der Waals surface area contributed by atoms with E-state index in [0.717, 1.165) is 0 Å². The molecule has 1 aromatic carbocycles. The van der Waals surface area contributed by atoms with Gasteiger partial charge in [-0.3, -0.25) is 0 Å². The molecule has 0 aliphatic rings. The summed E-state index contributed by atoms with van der Waals surface area (Å²) < 4.78 is 199. The van der Waals surface area contributed by atoms with Gasteiger partial charge < -0.3 is 59.1 Å². The highest BCUT2D eigenvalue weighted by molar-refractivity contribution is 5.49. The fraction of sp³-hybridized carbons (Fsp3) is 0.800. The second-order valence-electron chi connectivity index (χ2n) is 9.00. The number of hydrogen-bond donors (Lipinski definition) is 6. The van der Waals surface area contributed by atoms with Crippen molar-refractivity contribution in [1.82, 2.24) is 0 Å². The number of benzene rings is 1. The maximum absolute atomic E-state index is 13.8. The third-order valence-electron chi connectivity index (χ3n) is 4.44. The van der Waals surface area contributed by atoms with Gasteiger partial charge in [0.2, 0.25) is 35.8 Å². The average Bonchev–Trinajstić information content (AvgIpc) is 3.25. The predicted octanol–water partition coefficient (Wildman–Crippen LogP) is 3.57. The van der Waals surface area contributed by atoms with Crippen molar-refractivity contribution in [2.24, 2.45) is 0 Å². The maximum atomic E-state index is 13.8. The van der Waals surface area contributed by atoms with Crippen LogP contribution in [0.2, 0.25) is 0 Å². The van der Waals surface area contributed by atoms with Crippen LogP contribution in [0.1, 0.15) is 0 Å². The minimum atomic E-state index is -1.83. The summed E-state index contributed by atoms with van der Waals surface area (Å²) in [5.41, 5.74) is 0. The van der Waals surface area contributed by atoms with Gasteiger partial charge in [-0.2, -0.15) is 28.0 Å². The lowest BCUT2D eigenvalue weighted by atomic mass is 10.2. The number of ether oxygens (including phenoxy) is 6. The van der Waals surface area contributed by atoms with Gasteiger partial charge in [-0.15, -0.1) is 0 Å². The van der Waals surface area contributed by atoms with Crippen molar-refractivity contribution < 1.29 is 140 Å². The fourth-order valence-corrected chi connectivity index (χ4v) is 2.20. The summed E-state index contributed by atoms with van der Waals surface area (Å²) in [5, 5.41) is 49.9. The maximum Gasteiger partial charge on any atom is 0.228 e. The van der Waals surface area contributed by atoms with E-state index >= 15 is 0 Å². The molecule has 0 radical (unpaired) electrons. The van der Waals surface area contributed by atoms with Crippen molar-refractivity contribution in [3.63, 3.8) is 0 Å². The zero-order valence-electron chi connectivity index (χ0n) is 31.6. The second kappa shape index (κ2) is 58.2. The van der Waals surface area contributed by atoms with E-state index in [1.165, 1.54) is 0 Å². The van der Waals surface area contributed by atoms with Crippen LogP contribution in [-0.2, 0) is 29.0 Å². The third kappa shape index (κ3) is 49.5. The monoisotopic (exact) mass is 936 g/mol. The van der Waals surface area contributed by atoms with Crippen molar-refractivity contribution in [3.05, 3.63) is 17.5 Å². The first-order valence-electron chi connectivity index (χ1n) is 16.2. The van der Waals surface area contributed by atoms with Crippen LogP contribution in [-0.4, -0.2) is 189 Å². The van der Waals surface area contributed by atoms with Gasteiger partial charge >= 0.3 is 0 Å². The molecule has 0 amide bonds. The highest BCUT2D eigenvalue weighted by atomic mass is 19.3. The van der Waals surface area contributed by atoms with E-state index in [2.05, 4.69) is 43.2 Å². The lowest BCUT2D eigenvalue weighted by Gasteiger charge is -2.15. The van der Waals surface area contributed by atoms with Crippen LogP contribution in [0, 0.1) is 17.5 Å². The van der Waals surface area contributed by atoms with Gasteiger partial charge in [-0.1, -0.05) is 0 Å². The Labute approximate surface area is 333 Å². The molecule has 0 aromatic heterocycles. The summed E-state index contributed by atoms with van der Waals surface area (Å²) in [7, 11) is 0. The summed E-state index contributed by atoms with van der Waals surface area (Å²) in [4.78, 5) is 8.45. The molecule has 366 valence electrons. The Morgan fingerprint density at radius 1 is 0.367 bits per heavy atom. The summed E-state index contributed by atoms with van der Waals surface area (Å²) >= 11 is 0. The van der Waals surface area contributed by atoms with E-state index in [4.69, 9.17) is 30.6 Å². The smallest absolute Gasteiger partial charge is 0.228 e. The fourth-order valence-electron chi connectivity index (χ4n) is 2.20. The van der Waals surface area contributed by atoms with E-state index in [1.807, 2.05) is 0 Å². The van der Waals surface area contributed by atoms with Crippen LogP contribution in [0.4, 0.5) is 66.3 Å². The number of aliphatic hydroxyl groups is 6. The minimum absolute atomic E-state index is 0.000417. The Morgan fingerprint density at radius 3 is 0.933 bits per heavy atom. The van der Waals surface area contributed by atoms with E-state index in [9.17, 15) is 66.3 Å². The summed E-state index contributed by atoms with van der Waals surface area (Å²) in [6, 6.07) is 0. The molecule has 6 N–H and O–H groups in total. The normalized spacial score (nSPS) is 11.3. The first-order valence-corrected chi connectivity index (χ1v) is 16.2. The Kier molecular flexibility index (Phi) is 66.7. The van der Waals surface area contributed by atoms with Gasteiger partial charge in [0, 0.05) is 0 Å². The lowest BCUT2D eigenvalue weighted by molar-refractivity contribution is -0.134. The summed E-state index contributed by atoms with van der Waals surface area (Å²) in [5.74, 6) is -8.68. The standard InChI is InChI=1S/C11H10F6O3.C5H11FO3.2C4H9FO3.3C2H4F2O/c12-1-3-18-9-6(15)7(16)10(20-5-14)11(8(9)17)19-4-2-13;6-1-2-9-4-5(8)3-7;2*5-3-8-2-4(7)1-6;3*3-1-2-5-4/h1-5H2;5,7-8H,1-4H2;2*4,6-7H,1-3H2;3*1-2H2. The van der Waals surface area contributed by atoms with Crippen molar-refractivity contribution in [2.45, 2.75) is 18.3 Å². The third-order valence-corrected chi connectivity index (χ3v) is 4.44. The van der Waals surface area contributed by atoms with Gasteiger partial charge in [-0.25, -0.2) is 39.5 Å². The van der Waals surface area contributed by atoms with Gasteiger partial charge in [0.15, 0.2) is 19.5 Å². The molecule has 3 unspecified atom stereocenters. The van der Waals surface area contributed by atoms with E-state index in [0.29, 0.717) is 0 Å². The molecule has 60 heavy (non-hydrogen) atoms. The van der Waals surface area contributed by atoms with Crippen LogP contribution in [0.25, 0.3) is 0 Å².